The van der Waals surface area contributed by atoms with Crippen LogP contribution >= 0.6 is 0 Å². The van der Waals surface area contributed by atoms with Crippen molar-refractivity contribution in [2.75, 3.05) is 12.3 Å². The first-order chi connectivity index (χ1) is 14.3. The number of aliphatic hydroxyl groups is 5. The predicted octanol–water partition coefficient (Wildman–Crippen LogP) is -4.12. The minimum absolute atomic E-state index is 0.119. The number of rotatable bonds is 5. The summed E-state index contributed by atoms with van der Waals surface area (Å²) < 4.78 is 12.3. The second-order valence-electron chi connectivity index (χ2n) is 7.89. The van der Waals surface area contributed by atoms with Crippen molar-refractivity contribution >= 4 is 17.0 Å². The number of ether oxygens (including phenoxy) is 2. The molecule has 0 spiro atoms. The third-order valence-electron chi connectivity index (χ3n) is 6.07. The molecule has 164 valence electrons. The molecule has 0 amide bonds. The molecule has 2 aromatic rings. The molecule has 0 radical (unpaired) electrons. The maximum Gasteiger partial charge on any atom is 0.262 e. The number of aromatic amines is 1. The van der Waals surface area contributed by atoms with Crippen molar-refractivity contribution < 1.29 is 35.0 Å². The zero-order chi connectivity index (χ0) is 21.3. The fraction of sp³-hybridized carbons (Fsp3) is 0.647. The molecule has 1 aliphatic carbocycles. The van der Waals surface area contributed by atoms with E-state index in [2.05, 4.69) is 15.3 Å². The largest absolute Gasteiger partial charge is 0.394 e. The maximum atomic E-state index is 12.6. The van der Waals surface area contributed by atoms with Crippen molar-refractivity contribution in [3.63, 3.8) is 0 Å². The Kier molecular flexibility index (Phi) is 4.61. The summed E-state index contributed by atoms with van der Waals surface area (Å²) in [4.78, 5) is 19.1. The first kappa shape index (κ1) is 19.8. The molecule has 3 aliphatic rings. The van der Waals surface area contributed by atoms with Crippen molar-refractivity contribution in [2.24, 2.45) is 0 Å². The molecule has 0 aromatic carbocycles. The molecule has 30 heavy (non-hydrogen) atoms. The van der Waals surface area contributed by atoms with E-state index in [1.54, 1.807) is 0 Å². The van der Waals surface area contributed by atoms with E-state index >= 15 is 0 Å². The highest BCUT2D eigenvalue weighted by Gasteiger charge is 2.61. The van der Waals surface area contributed by atoms with Crippen molar-refractivity contribution in [1.29, 1.82) is 0 Å². The Bertz CT molecular complexity index is 1030. The summed E-state index contributed by atoms with van der Waals surface area (Å²) >= 11 is 0. The number of nitrogens with one attached hydrogen (secondary N) is 2. The number of nitrogen functional groups attached to an aromatic ring is 1. The van der Waals surface area contributed by atoms with Crippen LogP contribution in [0.25, 0.3) is 11.0 Å². The molecule has 13 nitrogen and oxygen atoms in total. The number of fused-ring (bicyclic) bond motifs is 2. The van der Waals surface area contributed by atoms with E-state index in [9.17, 15) is 30.3 Å². The van der Waals surface area contributed by atoms with E-state index in [0.29, 0.717) is 5.56 Å². The SMILES string of the molecule is Nc1nc2c(c(CNC3C(O)C(O)C4OC34)cn2[C@@H]2O[C@H](CO)[C@@H](O)[C@H]2O)c(=O)[nH]1. The molecule has 2 aliphatic heterocycles. The Morgan fingerprint density at radius 3 is 2.53 bits per heavy atom. The summed E-state index contributed by atoms with van der Waals surface area (Å²) in [5.74, 6) is -0.137. The lowest BCUT2D eigenvalue weighted by Crippen LogP contribution is -2.44. The van der Waals surface area contributed by atoms with Crippen LogP contribution in [0.1, 0.15) is 11.8 Å². The minimum Gasteiger partial charge on any atom is -0.394 e. The van der Waals surface area contributed by atoms with Gasteiger partial charge in [0.15, 0.2) is 11.9 Å². The molecular formula is C17H23N5O8. The van der Waals surface area contributed by atoms with Gasteiger partial charge in [0.2, 0.25) is 5.95 Å². The normalized spacial score (nSPS) is 40.2. The topological polar surface area (TPSA) is 212 Å². The minimum atomic E-state index is -1.37. The second-order valence-corrected chi connectivity index (χ2v) is 7.89. The van der Waals surface area contributed by atoms with Gasteiger partial charge >= 0.3 is 0 Å². The summed E-state index contributed by atoms with van der Waals surface area (Å²) in [7, 11) is 0. The summed E-state index contributed by atoms with van der Waals surface area (Å²) in [6.45, 7) is -0.378. The van der Waals surface area contributed by atoms with Gasteiger partial charge in [0.25, 0.3) is 5.56 Å². The number of nitrogens with zero attached hydrogens (tertiary/aromatic N) is 2. The van der Waals surface area contributed by atoms with Gasteiger partial charge < -0.3 is 50.6 Å². The van der Waals surface area contributed by atoms with Gasteiger partial charge in [-0.1, -0.05) is 0 Å². The second kappa shape index (κ2) is 6.96. The number of nitrogens with two attached hydrogens (primary N) is 1. The number of aromatic nitrogens is 3. The zero-order valence-corrected chi connectivity index (χ0v) is 15.6. The van der Waals surface area contributed by atoms with Gasteiger partial charge in [0, 0.05) is 12.7 Å². The zero-order valence-electron chi connectivity index (χ0n) is 15.6. The van der Waals surface area contributed by atoms with Gasteiger partial charge in [-0.3, -0.25) is 9.78 Å². The molecule has 13 heteroatoms. The van der Waals surface area contributed by atoms with Crippen LogP contribution in [-0.2, 0) is 16.0 Å². The molecule has 9 atom stereocenters. The van der Waals surface area contributed by atoms with Gasteiger partial charge in [-0.25, -0.2) is 0 Å². The summed E-state index contributed by atoms with van der Waals surface area (Å²) in [5.41, 5.74) is 5.78. The van der Waals surface area contributed by atoms with Crippen LogP contribution in [0.15, 0.2) is 11.0 Å². The lowest BCUT2D eigenvalue weighted by atomic mass is 10.1. The fourth-order valence-electron chi connectivity index (χ4n) is 4.45. The lowest BCUT2D eigenvalue weighted by Gasteiger charge is -2.20. The van der Waals surface area contributed by atoms with E-state index in [0.717, 1.165) is 0 Å². The van der Waals surface area contributed by atoms with E-state index in [4.69, 9.17) is 15.2 Å². The highest BCUT2D eigenvalue weighted by molar-refractivity contribution is 5.80. The van der Waals surface area contributed by atoms with Crippen LogP contribution in [0.5, 0.6) is 0 Å². The predicted molar refractivity (Wildman–Crippen MR) is 99.1 cm³/mol. The van der Waals surface area contributed by atoms with E-state index in [1.165, 1.54) is 10.8 Å². The first-order valence-electron chi connectivity index (χ1n) is 9.58. The lowest BCUT2D eigenvalue weighted by molar-refractivity contribution is -0.0509. The molecule has 0 bridgehead atoms. The van der Waals surface area contributed by atoms with E-state index in [-0.39, 0.29) is 29.6 Å². The molecule has 4 heterocycles. The number of anilines is 1. The first-order valence-corrected chi connectivity index (χ1v) is 9.58. The average Bonchev–Trinajstić information content (AvgIpc) is 3.26. The summed E-state index contributed by atoms with van der Waals surface area (Å²) in [6, 6.07) is -0.516. The molecule has 9 N–H and O–H groups in total. The molecule has 5 unspecified atom stereocenters. The van der Waals surface area contributed by atoms with Gasteiger partial charge in [0.1, 0.15) is 42.7 Å². The number of epoxide rings is 1. The average molecular weight is 425 g/mol. The highest BCUT2D eigenvalue weighted by atomic mass is 16.6. The number of aliphatic hydroxyl groups excluding tert-OH is 5. The van der Waals surface area contributed by atoms with E-state index < -0.39 is 61.1 Å². The van der Waals surface area contributed by atoms with Gasteiger partial charge in [-0.2, -0.15) is 4.98 Å². The van der Waals surface area contributed by atoms with Gasteiger partial charge in [-0.05, 0) is 5.56 Å². The Hall–Kier alpha value is -2.10. The van der Waals surface area contributed by atoms with Gasteiger partial charge in [0.05, 0.1) is 18.0 Å². The molecule has 2 aromatic heterocycles. The van der Waals surface area contributed by atoms with Gasteiger partial charge in [-0.15, -0.1) is 0 Å². The van der Waals surface area contributed by atoms with E-state index in [1.807, 2.05) is 0 Å². The molecule has 1 saturated carbocycles. The quantitative estimate of drug-likeness (QED) is 0.216. The molecule has 2 saturated heterocycles. The Balaban J connectivity index is 1.49. The Morgan fingerprint density at radius 2 is 1.90 bits per heavy atom. The summed E-state index contributed by atoms with van der Waals surface area (Å²) in [6.07, 6.45) is -5.95. The summed E-state index contributed by atoms with van der Waals surface area (Å²) in [5, 5.41) is 53.1. The van der Waals surface area contributed by atoms with Crippen LogP contribution in [-0.4, -0.2) is 95.4 Å². The van der Waals surface area contributed by atoms with Crippen molar-refractivity contribution in [2.45, 2.75) is 61.5 Å². The molecule has 5 rings (SSSR count). The van der Waals surface area contributed by atoms with Crippen LogP contribution in [0, 0.1) is 0 Å². The number of hydrogen-bond donors (Lipinski definition) is 8. The van der Waals surface area contributed by atoms with Crippen LogP contribution in [0.4, 0.5) is 5.95 Å². The number of H-pyrrole nitrogens is 1. The van der Waals surface area contributed by atoms with Crippen molar-refractivity contribution in [3.8, 4) is 0 Å². The van der Waals surface area contributed by atoms with Crippen LogP contribution in [0.2, 0.25) is 0 Å². The van der Waals surface area contributed by atoms with Crippen LogP contribution in [0.3, 0.4) is 0 Å². The Labute approximate surface area is 168 Å². The van der Waals surface area contributed by atoms with Crippen molar-refractivity contribution in [1.82, 2.24) is 19.9 Å². The fourth-order valence-corrected chi connectivity index (χ4v) is 4.45. The van der Waals surface area contributed by atoms with Crippen LogP contribution < -0.4 is 16.6 Å². The smallest absolute Gasteiger partial charge is 0.262 e. The third kappa shape index (κ3) is 2.86. The molecule has 3 fully saturated rings. The third-order valence-corrected chi connectivity index (χ3v) is 6.07. The maximum absolute atomic E-state index is 12.6. The molecular weight excluding hydrogens is 402 g/mol. The van der Waals surface area contributed by atoms with Crippen molar-refractivity contribution in [3.05, 3.63) is 22.1 Å². The standard InChI is InChI=1S/C17H23N5O8/c18-17-20-14-6(15(28)21-17)4(1-19-7-9(25)10(26)13-12(7)30-13)2-22(14)16-11(27)8(24)5(3-23)29-16/h2,5,7-13,16,19,23-27H,1,3H2,(H3,18,20,21,28)/t5-,7?,8-,9?,10?,11-,12?,13?,16-/m1/s1. The number of hydrogen-bond acceptors (Lipinski definition) is 11. The monoisotopic (exact) mass is 425 g/mol. The Morgan fingerprint density at radius 1 is 1.13 bits per heavy atom. The highest BCUT2D eigenvalue weighted by Crippen LogP contribution is 2.39.